The Balaban J connectivity index is 1.46. The number of hydrogen-bond donors (Lipinski definition) is 3. The first-order valence-electron chi connectivity index (χ1n) is 12.3. The normalized spacial score (nSPS) is 24.0. The number of hydrogen-bond acceptors (Lipinski definition) is 6. The summed E-state index contributed by atoms with van der Waals surface area (Å²) in [5.41, 5.74) is 0.504. The average molecular weight is 526 g/mol. The molecule has 1 aromatic carbocycles. The van der Waals surface area contributed by atoms with Crippen LogP contribution in [0.2, 0.25) is 0 Å². The summed E-state index contributed by atoms with van der Waals surface area (Å²) in [6, 6.07) is 6.52. The van der Waals surface area contributed by atoms with E-state index in [4.69, 9.17) is 0 Å². The maximum Gasteiger partial charge on any atom is 0.522 e. The average Bonchev–Trinajstić information content (AvgIpc) is 3.31. The predicted octanol–water partition coefficient (Wildman–Crippen LogP) is 1.09. The quantitative estimate of drug-likeness (QED) is 0.420. The van der Waals surface area contributed by atoms with Gasteiger partial charge < -0.3 is 20.6 Å². The molecule has 9 nitrogen and oxygen atoms in total. The van der Waals surface area contributed by atoms with Crippen LogP contribution >= 0.6 is 0 Å². The molecule has 4 atom stereocenters. The lowest BCUT2D eigenvalue weighted by Crippen LogP contribution is -2.53. The standard InChI is InChI=1S/C25H30F3N3O6/c26-25(27,28)37-13-20(33)17(11-16-6-9-29-21(16)34)30-22(35)18-12-24(7-8-24)14-31(18)23(36)19(32)10-15-4-2-1-3-5-15/h1-5,16-19,32H,6-14H2,(H,29,34)(H,30,35)/t16-,17-,18-,19+/m0/s1. The number of rotatable bonds is 10. The number of ether oxygens (including phenoxy) is 1. The van der Waals surface area contributed by atoms with Gasteiger partial charge in [0.05, 0.1) is 6.04 Å². The van der Waals surface area contributed by atoms with Crippen molar-refractivity contribution in [2.24, 2.45) is 11.3 Å². The van der Waals surface area contributed by atoms with Gasteiger partial charge >= 0.3 is 6.36 Å². The minimum absolute atomic E-state index is 0.0597. The molecule has 3 aliphatic rings. The number of carbonyl (C=O) groups excluding carboxylic acids is 4. The minimum Gasteiger partial charge on any atom is -0.383 e. The van der Waals surface area contributed by atoms with Gasteiger partial charge in [0.2, 0.25) is 11.8 Å². The molecule has 0 unspecified atom stereocenters. The number of aliphatic hydroxyl groups excluding tert-OH is 1. The Morgan fingerprint density at radius 3 is 2.51 bits per heavy atom. The topological polar surface area (TPSA) is 125 Å². The number of ketones is 1. The third-order valence-electron chi connectivity index (χ3n) is 7.37. The molecule has 2 heterocycles. The van der Waals surface area contributed by atoms with E-state index in [9.17, 15) is 37.5 Å². The molecule has 1 saturated carbocycles. The summed E-state index contributed by atoms with van der Waals surface area (Å²) >= 11 is 0. The van der Waals surface area contributed by atoms with E-state index in [2.05, 4.69) is 15.4 Å². The van der Waals surface area contributed by atoms with Gasteiger partial charge in [-0.1, -0.05) is 30.3 Å². The summed E-state index contributed by atoms with van der Waals surface area (Å²) in [6.45, 7) is -0.670. The van der Waals surface area contributed by atoms with E-state index >= 15 is 0 Å². The molecule has 1 spiro atoms. The fraction of sp³-hybridized carbons (Fsp3) is 0.600. The van der Waals surface area contributed by atoms with E-state index in [0.717, 1.165) is 18.4 Å². The monoisotopic (exact) mass is 525 g/mol. The Labute approximate surface area is 211 Å². The first-order valence-corrected chi connectivity index (χ1v) is 12.3. The fourth-order valence-corrected chi connectivity index (χ4v) is 5.12. The summed E-state index contributed by atoms with van der Waals surface area (Å²) in [5.74, 6) is -3.34. The molecule has 202 valence electrons. The molecule has 12 heteroatoms. The van der Waals surface area contributed by atoms with Crippen molar-refractivity contribution in [3.63, 3.8) is 0 Å². The van der Waals surface area contributed by atoms with Gasteiger partial charge in [0.15, 0.2) is 5.78 Å². The van der Waals surface area contributed by atoms with Gasteiger partial charge in [-0.25, -0.2) is 0 Å². The summed E-state index contributed by atoms with van der Waals surface area (Å²) in [4.78, 5) is 52.4. The number of benzene rings is 1. The van der Waals surface area contributed by atoms with E-state index in [1.54, 1.807) is 24.3 Å². The van der Waals surface area contributed by atoms with Crippen molar-refractivity contribution in [3.05, 3.63) is 35.9 Å². The van der Waals surface area contributed by atoms with Gasteiger partial charge in [0.1, 0.15) is 18.8 Å². The number of Topliss-reactive ketones (excluding diaryl/α,β-unsaturated/α-hetero) is 1. The van der Waals surface area contributed by atoms with Crippen molar-refractivity contribution in [3.8, 4) is 0 Å². The number of aliphatic hydroxyl groups is 1. The zero-order chi connectivity index (χ0) is 26.8. The molecular weight excluding hydrogens is 495 g/mol. The van der Waals surface area contributed by atoms with Crippen molar-refractivity contribution >= 4 is 23.5 Å². The second kappa shape index (κ2) is 10.8. The van der Waals surface area contributed by atoms with Crippen LogP contribution in [0.4, 0.5) is 13.2 Å². The summed E-state index contributed by atoms with van der Waals surface area (Å²) in [5, 5.41) is 15.7. The maximum atomic E-state index is 13.3. The molecule has 0 bridgehead atoms. The lowest BCUT2D eigenvalue weighted by atomic mass is 9.95. The Morgan fingerprint density at radius 1 is 1.22 bits per heavy atom. The van der Waals surface area contributed by atoms with E-state index < -0.39 is 54.7 Å². The molecule has 2 aliphatic heterocycles. The van der Waals surface area contributed by atoms with Crippen LogP contribution in [0.1, 0.15) is 37.7 Å². The van der Waals surface area contributed by atoms with Crippen molar-refractivity contribution in [2.75, 3.05) is 19.7 Å². The van der Waals surface area contributed by atoms with Crippen LogP contribution in [0.15, 0.2) is 30.3 Å². The van der Waals surface area contributed by atoms with Crippen LogP contribution in [0.3, 0.4) is 0 Å². The molecule has 1 aromatic rings. The highest BCUT2D eigenvalue weighted by Crippen LogP contribution is 2.55. The number of alkyl halides is 3. The lowest BCUT2D eigenvalue weighted by Gasteiger charge is -2.28. The van der Waals surface area contributed by atoms with Crippen molar-refractivity contribution in [1.82, 2.24) is 15.5 Å². The molecule has 1 aliphatic carbocycles. The number of likely N-dealkylation sites (tertiary alicyclic amines) is 1. The van der Waals surface area contributed by atoms with E-state index in [0.29, 0.717) is 19.4 Å². The van der Waals surface area contributed by atoms with Gasteiger partial charge in [-0.15, -0.1) is 13.2 Å². The summed E-state index contributed by atoms with van der Waals surface area (Å²) in [6.07, 6.45) is -4.22. The highest BCUT2D eigenvalue weighted by molar-refractivity contribution is 5.95. The Hall–Kier alpha value is -2.99. The molecule has 3 fully saturated rings. The van der Waals surface area contributed by atoms with Gasteiger partial charge in [-0.2, -0.15) is 0 Å². The molecule has 3 N–H and O–H groups in total. The summed E-state index contributed by atoms with van der Waals surface area (Å²) < 4.78 is 41.2. The second-order valence-corrected chi connectivity index (χ2v) is 10.2. The van der Waals surface area contributed by atoms with Gasteiger partial charge in [0, 0.05) is 25.4 Å². The zero-order valence-corrected chi connectivity index (χ0v) is 20.1. The Kier molecular flexibility index (Phi) is 7.88. The van der Waals surface area contributed by atoms with E-state index in [1.807, 2.05) is 6.07 Å². The Bertz CT molecular complexity index is 1030. The maximum absolute atomic E-state index is 13.3. The highest BCUT2D eigenvalue weighted by Gasteiger charge is 2.56. The number of amides is 3. The highest BCUT2D eigenvalue weighted by atomic mass is 19.4. The van der Waals surface area contributed by atoms with Crippen molar-refractivity contribution in [1.29, 1.82) is 0 Å². The molecule has 0 radical (unpaired) electrons. The van der Waals surface area contributed by atoms with Crippen LogP contribution in [0.5, 0.6) is 0 Å². The van der Waals surface area contributed by atoms with Crippen molar-refractivity contribution in [2.45, 2.75) is 63.1 Å². The number of nitrogens with one attached hydrogen (secondary N) is 2. The Morgan fingerprint density at radius 2 is 1.92 bits per heavy atom. The lowest BCUT2D eigenvalue weighted by molar-refractivity contribution is -0.321. The smallest absolute Gasteiger partial charge is 0.383 e. The first-order chi connectivity index (χ1) is 17.5. The van der Waals surface area contributed by atoms with Crippen molar-refractivity contribution < 1.29 is 42.2 Å². The van der Waals surface area contributed by atoms with Crippen LogP contribution in [0.25, 0.3) is 0 Å². The molecule has 2 saturated heterocycles. The molecule has 37 heavy (non-hydrogen) atoms. The van der Waals surface area contributed by atoms with Gasteiger partial charge in [0.25, 0.3) is 5.91 Å². The number of nitrogens with zero attached hydrogens (tertiary/aromatic N) is 1. The van der Waals surface area contributed by atoms with Crippen LogP contribution < -0.4 is 10.6 Å². The van der Waals surface area contributed by atoms with Crippen LogP contribution in [0, 0.1) is 11.3 Å². The molecular formula is C25H30F3N3O6. The molecule has 3 amide bonds. The van der Waals surface area contributed by atoms with Crippen LogP contribution in [-0.4, -0.2) is 77.8 Å². The van der Waals surface area contributed by atoms with Gasteiger partial charge in [-0.3, -0.25) is 23.9 Å². The number of carbonyl (C=O) groups is 4. The van der Waals surface area contributed by atoms with E-state index in [1.165, 1.54) is 4.90 Å². The van der Waals surface area contributed by atoms with E-state index in [-0.39, 0.29) is 30.7 Å². The predicted molar refractivity (Wildman–Crippen MR) is 123 cm³/mol. The molecule has 4 rings (SSSR count). The second-order valence-electron chi connectivity index (χ2n) is 10.2. The minimum atomic E-state index is -5.03. The zero-order valence-electron chi connectivity index (χ0n) is 20.1. The third-order valence-corrected chi connectivity index (χ3v) is 7.37. The summed E-state index contributed by atoms with van der Waals surface area (Å²) in [7, 11) is 0. The SMILES string of the molecule is O=C1NCC[C@H]1C[C@H](NC(=O)[C@@H]1CC2(CC2)CN1C(=O)[C@H](O)Cc1ccccc1)C(=O)COC(F)(F)F. The third kappa shape index (κ3) is 6.86. The first kappa shape index (κ1) is 27.1. The largest absolute Gasteiger partial charge is 0.522 e. The fourth-order valence-electron chi connectivity index (χ4n) is 5.12. The van der Waals surface area contributed by atoms with Crippen LogP contribution in [-0.2, 0) is 30.3 Å². The number of halogens is 3. The van der Waals surface area contributed by atoms with Gasteiger partial charge in [-0.05, 0) is 43.1 Å². The molecule has 0 aromatic heterocycles.